The standard InChI is InChI=1S/C18H17NO4/c1-22-13-6-3-5-12(9-13)11-19-15-7-4-8-17(23-2)14(15)10-16(19)18(20)21/h3-10H,11H2,1-2H3,(H,20,21). The molecule has 0 saturated carbocycles. The number of hydrogen-bond donors (Lipinski definition) is 1. The Morgan fingerprint density at radius 1 is 1.09 bits per heavy atom. The van der Waals surface area contributed by atoms with Crippen molar-refractivity contribution in [2.75, 3.05) is 14.2 Å². The van der Waals surface area contributed by atoms with Gasteiger partial charge in [-0.2, -0.15) is 0 Å². The van der Waals surface area contributed by atoms with Gasteiger partial charge in [-0.1, -0.05) is 18.2 Å². The van der Waals surface area contributed by atoms with Crippen LogP contribution in [0.5, 0.6) is 11.5 Å². The number of rotatable bonds is 5. The Bertz CT molecular complexity index is 867. The van der Waals surface area contributed by atoms with Crippen molar-refractivity contribution in [1.29, 1.82) is 0 Å². The van der Waals surface area contributed by atoms with Crippen molar-refractivity contribution in [3.05, 3.63) is 59.8 Å². The second kappa shape index (κ2) is 6.04. The van der Waals surface area contributed by atoms with Gasteiger partial charge in [-0.3, -0.25) is 0 Å². The van der Waals surface area contributed by atoms with Crippen LogP contribution in [0.3, 0.4) is 0 Å². The van der Waals surface area contributed by atoms with E-state index >= 15 is 0 Å². The number of methoxy groups -OCH3 is 2. The highest BCUT2D eigenvalue weighted by Gasteiger charge is 2.17. The van der Waals surface area contributed by atoms with E-state index in [0.29, 0.717) is 12.3 Å². The Balaban J connectivity index is 2.14. The summed E-state index contributed by atoms with van der Waals surface area (Å²) in [7, 11) is 3.19. The first-order chi connectivity index (χ1) is 11.1. The van der Waals surface area contributed by atoms with Gasteiger partial charge in [0.2, 0.25) is 0 Å². The Kier molecular flexibility index (Phi) is 3.93. The number of carboxylic acids is 1. The highest BCUT2D eigenvalue weighted by molar-refractivity contribution is 5.97. The van der Waals surface area contributed by atoms with Crippen LogP contribution in [0.25, 0.3) is 10.9 Å². The van der Waals surface area contributed by atoms with Crippen LogP contribution in [-0.4, -0.2) is 29.9 Å². The molecule has 0 amide bonds. The molecule has 0 fully saturated rings. The predicted molar refractivity (Wildman–Crippen MR) is 87.5 cm³/mol. The number of aromatic carboxylic acids is 1. The van der Waals surface area contributed by atoms with Crippen molar-refractivity contribution in [2.45, 2.75) is 6.54 Å². The lowest BCUT2D eigenvalue weighted by Crippen LogP contribution is -2.09. The fourth-order valence-electron chi connectivity index (χ4n) is 2.74. The number of carboxylic acid groups (broad SMARTS) is 1. The molecule has 3 rings (SSSR count). The molecule has 0 atom stereocenters. The Hall–Kier alpha value is -2.95. The highest BCUT2D eigenvalue weighted by atomic mass is 16.5. The van der Waals surface area contributed by atoms with Crippen LogP contribution < -0.4 is 9.47 Å². The smallest absolute Gasteiger partial charge is 0.352 e. The van der Waals surface area contributed by atoms with Gasteiger partial charge in [0.1, 0.15) is 17.2 Å². The molecule has 0 bridgehead atoms. The molecule has 0 aliphatic carbocycles. The molecule has 1 N–H and O–H groups in total. The van der Waals surface area contributed by atoms with Crippen molar-refractivity contribution in [1.82, 2.24) is 4.57 Å². The molecule has 0 saturated heterocycles. The first kappa shape index (κ1) is 15.0. The molecule has 0 aliphatic rings. The van der Waals surface area contributed by atoms with Gasteiger partial charge in [0.25, 0.3) is 0 Å². The second-order valence-electron chi connectivity index (χ2n) is 5.17. The zero-order chi connectivity index (χ0) is 16.4. The maximum absolute atomic E-state index is 11.6. The number of aromatic nitrogens is 1. The number of fused-ring (bicyclic) bond motifs is 1. The molecule has 1 heterocycles. The first-order valence-corrected chi connectivity index (χ1v) is 7.16. The predicted octanol–water partition coefficient (Wildman–Crippen LogP) is 3.41. The Morgan fingerprint density at radius 3 is 2.57 bits per heavy atom. The van der Waals surface area contributed by atoms with Gasteiger partial charge in [-0.15, -0.1) is 0 Å². The van der Waals surface area contributed by atoms with Gasteiger partial charge in [0.15, 0.2) is 0 Å². The minimum Gasteiger partial charge on any atom is -0.497 e. The Morgan fingerprint density at radius 2 is 1.87 bits per heavy atom. The largest absolute Gasteiger partial charge is 0.497 e. The van der Waals surface area contributed by atoms with E-state index in [4.69, 9.17) is 9.47 Å². The maximum atomic E-state index is 11.6. The lowest BCUT2D eigenvalue weighted by Gasteiger charge is -2.10. The van der Waals surface area contributed by atoms with E-state index in [-0.39, 0.29) is 5.69 Å². The van der Waals surface area contributed by atoms with E-state index < -0.39 is 5.97 Å². The quantitative estimate of drug-likeness (QED) is 0.784. The van der Waals surface area contributed by atoms with Gasteiger partial charge in [0.05, 0.1) is 19.7 Å². The fourth-order valence-corrected chi connectivity index (χ4v) is 2.74. The molecule has 0 spiro atoms. The summed E-state index contributed by atoms with van der Waals surface area (Å²) in [6.45, 7) is 0.440. The van der Waals surface area contributed by atoms with Crippen molar-refractivity contribution in [2.24, 2.45) is 0 Å². The van der Waals surface area contributed by atoms with Gasteiger partial charge < -0.3 is 19.1 Å². The third-order valence-corrected chi connectivity index (χ3v) is 3.82. The van der Waals surface area contributed by atoms with E-state index in [1.54, 1.807) is 24.9 Å². The zero-order valence-corrected chi connectivity index (χ0v) is 12.9. The van der Waals surface area contributed by atoms with E-state index in [1.165, 1.54) is 0 Å². The summed E-state index contributed by atoms with van der Waals surface area (Å²) in [5, 5.41) is 10.3. The SMILES string of the molecule is COc1cccc(Cn2c(C(=O)O)cc3c(OC)cccc32)c1. The normalized spacial score (nSPS) is 10.7. The summed E-state index contributed by atoms with van der Waals surface area (Å²) in [4.78, 5) is 11.6. The van der Waals surface area contributed by atoms with Crippen LogP contribution in [0.1, 0.15) is 16.1 Å². The fraction of sp³-hybridized carbons (Fsp3) is 0.167. The third-order valence-electron chi connectivity index (χ3n) is 3.82. The van der Waals surface area contributed by atoms with E-state index in [0.717, 1.165) is 22.2 Å². The minimum atomic E-state index is -0.967. The van der Waals surface area contributed by atoms with E-state index in [1.807, 2.05) is 42.5 Å². The molecule has 3 aromatic rings. The highest BCUT2D eigenvalue weighted by Crippen LogP contribution is 2.29. The lowest BCUT2D eigenvalue weighted by atomic mass is 10.2. The molecule has 118 valence electrons. The van der Waals surface area contributed by atoms with E-state index in [2.05, 4.69) is 0 Å². The van der Waals surface area contributed by atoms with Crippen LogP contribution in [0.2, 0.25) is 0 Å². The van der Waals surface area contributed by atoms with E-state index in [9.17, 15) is 9.90 Å². The van der Waals surface area contributed by atoms with Gasteiger partial charge in [-0.25, -0.2) is 4.79 Å². The molecular formula is C18H17NO4. The number of nitrogens with zero attached hydrogens (tertiary/aromatic N) is 1. The first-order valence-electron chi connectivity index (χ1n) is 7.16. The summed E-state index contributed by atoms with van der Waals surface area (Å²) in [5.41, 5.74) is 2.02. The molecule has 2 aromatic carbocycles. The average Bonchev–Trinajstić information content (AvgIpc) is 2.94. The van der Waals surface area contributed by atoms with Crippen molar-refractivity contribution >= 4 is 16.9 Å². The van der Waals surface area contributed by atoms with Crippen LogP contribution >= 0.6 is 0 Å². The molecule has 0 unspecified atom stereocenters. The lowest BCUT2D eigenvalue weighted by molar-refractivity contribution is 0.0686. The Labute approximate surface area is 133 Å². The topological polar surface area (TPSA) is 60.7 Å². The molecule has 0 radical (unpaired) electrons. The number of benzene rings is 2. The van der Waals surface area contributed by atoms with Crippen LogP contribution in [0.15, 0.2) is 48.5 Å². The maximum Gasteiger partial charge on any atom is 0.352 e. The van der Waals surface area contributed by atoms with Crippen LogP contribution in [-0.2, 0) is 6.54 Å². The molecule has 5 heteroatoms. The van der Waals surface area contributed by atoms with Crippen molar-refractivity contribution in [3.8, 4) is 11.5 Å². The number of carbonyl (C=O) groups is 1. The summed E-state index contributed by atoms with van der Waals surface area (Å²) < 4.78 is 12.3. The minimum absolute atomic E-state index is 0.229. The van der Waals surface area contributed by atoms with Crippen LogP contribution in [0.4, 0.5) is 0 Å². The number of ether oxygens (including phenoxy) is 2. The van der Waals surface area contributed by atoms with Gasteiger partial charge in [0, 0.05) is 11.9 Å². The monoisotopic (exact) mass is 311 g/mol. The van der Waals surface area contributed by atoms with Gasteiger partial charge >= 0.3 is 5.97 Å². The second-order valence-corrected chi connectivity index (χ2v) is 5.17. The summed E-state index contributed by atoms with van der Waals surface area (Å²) in [6, 6.07) is 14.8. The van der Waals surface area contributed by atoms with Crippen molar-refractivity contribution in [3.63, 3.8) is 0 Å². The third kappa shape index (κ3) is 2.73. The summed E-state index contributed by atoms with van der Waals surface area (Å²) >= 11 is 0. The molecule has 5 nitrogen and oxygen atoms in total. The molecule has 23 heavy (non-hydrogen) atoms. The zero-order valence-electron chi connectivity index (χ0n) is 12.9. The summed E-state index contributed by atoms with van der Waals surface area (Å²) in [5.74, 6) is 0.439. The van der Waals surface area contributed by atoms with Gasteiger partial charge in [-0.05, 0) is 35.9 Å². The van der Waals surface area contributed by atoms with Crippen molar-refractivity contribution < 1.29 is 19.4 Å². The molecule has 1 aromatic heterocycles. The average molecular weight is 311 g/mol. The summed E-state index contributed by atoms with van der Waals surface area (Å²) in [6.07, 6.45) is 0. The van der Waals surface area contributed by atoms with Crippen LogP contribution in [0, 0.1) is 0 Å². The molecular weight excluding hydrogens is 294 g/mol. The molecule has 0 aliphatic heterocycles. The number of hydrogen-bond acceptors (Lipinski definition) is 3.